The highest BCUT2D eigenvalue weighted by molar-refractivity contribution is 14.1. The topological polar surface area (TPSA) is 55.3 Å². The van der Waals surface area contributed by atoms with Crippen molar-refractivity contribution in [1.82, 2.24) is 9.97 Å². The number of piperidine rings is 1. The van der Waals surface area contributed by atoms with Gasteiger partial charge in [0.2, 0.25) is 0 Å². The predicted molar refractivity (Wildman–Crippen MR) is 71.8 cm³/mol. The number of nitrogens with zero attached hydrogens (tertiary/aromatic N) is 3. The van der Waals surface area contributed by atoms with Crippen molar-refractivity contribution in [1.29, 1.82) is 0 Å². The summed E-state index contributed by atoms with van der Waals surface area (Å²) in [5.41, 5.74) is 0. The fraction of sp³-hybridized carbons (Fsp3) is 0.545. The van der Waals surface area contributed by atoms with E-state index in [0.717, 1.165) is 35.2 Å². The number of esters is 1. The molecule has 0 aliphatic carbocycles. The third kappa shape index (κ3) is 2.67. The minimum Gasteiger partial charge on any atom is -0.467 e. The van der Waals surface area contributed by atoms with Crippen LogP contribution in [0.2, 0.25) is 0 Å². The van der Waals surface area contributed by atoms with Crippen molar-refractivity contribution in [3.8, 4) is 0 Å². The molecule has 1 fully saturated rings. The highest BCUT2D eigenvalue weighted by atomic mass is 127. The summed E-state index contributed by atoms with van der Waals surface area (Å²) in [6.07, 6.45) is 6.23. The molecule has 2 heterocycles. The number of ether oxygens (including phenoxy) is 1. The van der Waals surface area contributed by atoms with Crippen LogP contribution in [-0.2, 0) is 9.53 Å². The Morgan fingerprint density at radius 2 is 2.41 bits per heavy atom. The zero-order valence-corrected chi connectivity index (χ0v) is 11.8. The van der Waals surface area contributed by atoms with Crippen molar-refractivity contribution in [3.05, 3.63) is 16.1 Å². The van der Waals surface area contributed by atoms with Crippen LogP contribution in [0.25, 0.3) is 0 Å². The molecule has 0 aromatic carbocycles. The molecule has 0 N–H and O–H groups in total. The van der Waals surface area contributed by atoms with Crippen LogP contribution in [0.5, 0.6) is 0 Å². The van der Waals surface area contributed by atoms with Crippen molar-refractivity contribution in [3.63, 3.8) is 0 Å². The third-order valence-electron chi connectivity index (χ3n) is 2.90. The molecule has 1 unspecified atom stereocenters. The maximum Gasteiger partial charge on any atom is 0.328 e. The lowest BCUT2D eigenvalue weighted by molar-refractivity contribution is -0.142. The van der Waals surface area contributed by atoms with Crippen molar-refractivity contribution in [2.24, 2.45) is 0 Å². The third-order valence-corrected chi connectivity index (χ3v) is 3.66. The molecule has 0 bridgehead atoms. The van der Waals surface area contributed by atoms with Crippen LogP contribution >= 0.6 is 22.6 Å². The van der Waals surface area contributed by atoms with Gasteiger partial charge < -0.3 is 9.64 Å². The molecule has 2 rings (SSSR count). The Bertz CT molecular complexity index is 413. The molecule has 92 valence electrons. The van der Waals surface area contributed by atoms with Gasteiger partial charge >= 0.3 is 5.97 Å². The highest BCUT2D eigenvalue weighted by Gasteiger charge is 2.31. The molecule has 0 spiro atoms. The minimum atomic E-state index is -0.211. The van der Waals surface area contributed by atoms with Gasteiger partial charge in [-0.25, -0.2) is 14.8 Å². The normalized spacial score (nSPS) is 20.1. The highest BCUT2D eigenvalue weighted by Crippen LogP contribution is 2.26. The molecule has 5 nitrogen and oxygen atoms in total. The van der Waals surface area contributed by atoms with E-state index in [9.17, 15) is 4.79 Å². The number of halogens is 1. The van der Waals surface area contributed by atoms with E-state index in [1.165, 1.54) is 13.4 Å². The Hall–Kier alpha value is -0.920. The molecule has 0 radical (unpaired) electrons. The number of anilines is 1. The van der Waals surface area contributed by atoms with E-state index < -0.39 is 0 Å². The first-order valence-electron chi connectivity index (χ1n) is 5.54. The average molecular weight is 347 g/mol. The number of rotatable bonds is 2. The summed E-state index contributed by atoms with van der Waals surface area (Å²) in [6.45, 7) is 0.840. The smallest absolute Gasteiger partial charge is 0.328 e. The zero-order valence-electron chi connectivity index (χ0n) is 9.60. The van der Waals surface area contributed by atoms with Gasteiger partial charge in [0.1, 0.15) is 18.2 Å². The van der Waals surface area contributed by atoms with E-state index in [1.54, 1.807) is 6.20 Å². The molecular formula is C11H14IN3O2. The minimum absolute atomic E-state index is 0.181. The van der Waals surface area contributed by atoms with Crippen molar-refractivity contribution in [2.75, 3.05) is 18.6 Å². The van der Waals surface area contributed by atoms with Crippen molar-refractivity contribution >= 4 is 34.4 Å². The zero-order chi connectivity index (χ0) is 12.3. The van der Waals surface area contributed by atoms with E-state index in [0.29, 0.717) is 0 Å². The summed E-state index contributed by atoms with van der Waals surface area (Å²) in [5, 5.41) is 0. The van der Waals surface area contributed by atoms with E-state index >= 15 is 0 Å². The average Bonchev–Trinajstić information content (AvgIpc) is 2.38. The summed E-state index contributed by atoms with van der Waals surface area (Å²) >= 11 is 2.19. The molecule has 1 saturated heterocycles. The van der Waals surface area contributed by atoms with Gasteiger partial charge in [-0.1, -0.05) is 0 Å². The number of carbonyl (C=O) groups is 1. The summed E-state index contributed by atoms with van der Waals surface area (Å²) in [7, 11) is 1.43. The second-order valence-electron chi connectivity index (χ2n) is 3.92. The van der Waals surface area contributed by atoms with Gasteiger partial charge in [-0.3, -0.25) is 0 Å². The Morgan fingerprint density at radius 3 is 3.12 bits per heavy atom. The summed E-state index contributed by atoms with van der Waals surface area (Å²) < 4.78 is 5.81. The monoisotopic (exact) mass is 347 g/mol. The number of methoxy groups -OCH3 is 1. The maximum atomic E-state index is 11.8. The molecule has 17 heavy (non-hydrogen) atoms. The van der Waals surface area contributed by atoms with Gasteiger partial charge in [0.15, 0.2) is 0 Å². The lowest BCUT2D eigenvalue weighted by atomic mass is 10.0. The van der Waals surface area contributed by atoms with Crippen LogP contribution in [-0.4, -0.2) is 35.6 Å². The Kier molecular flexibility index (Phi) is 4.14. The Labute approximate surface area is 114 Å². The van der Waals surface area contributed by atoms with Crippen LogP contribution < -0.4 is 4.90 Å². The predicted octanol–water partition coefficient (Wildman–Crippen LogP) is 1.61. The Balaban J connectivity index is 2.28. The quantitative estimate of drug-likeness (QED) is 0.601. The fourth-order valence-corrected chi connectivity index (χ4v) is 2.69. The lowest BCUT2D eigenvalue weighted by Gasteiger charge is -2.34. The first kappa shape index (κ1) is 12.5. The van der Waals surface area contributed by atoms with Crippen molar-refractivity contribution < 1.29 is 9.53 Å². The standard InChI is InChI=1S/C11H14IN3O2/c1-17-11(16)9-4-2-3-5-15(9)10-8(12)6-13-7-14-10/h6-7,9H,2-5H2,1H3. The number of hydrogen-bond donors (Lipinski definition) is 0. The molecule has 1 aliphatic heterocycles. The van der Waals surface area contributed by atoms with Gasteiger partial charge in [0, 0.05) is 12.7 Å². The van der Waals surface area contributed by atoms with Gasteiger partial charge in [-0.05, 0) is 41.9 Å². The molecule has 1 atom stereocenters. The first-order valence-corrected chi connectivity index (χ1v) is 6.62. The Morgan fingerprint density at radius 1 is 1.59 bits per heavy atom. The first-order chi connectivity index (χ1) is 8.24. The van der Waals surface area contributed by atoms with E-state index in [2.05, 4.69) is 32.6 Å². The van der Waals surface area contributed by atoms with Crippen LogP contribution in [0.4, 0.5) is 5.82 Å². The summed E-state index contributed by atoms with van der Waals surface area (Å²) in [6, 6.07) is -0.211. The molecule has 0 saturated carbocycles. The van der Waals surface area contributed by atoms with Gasteiger partial charge in [-0.2, -0.15) is 0 Å². The fourth-order valence-electron chi connectivity index (χ4n) is 2.08. The second kappa shape index (κ2) is 5.61. The molecule has 0 amide bonds. The molecule has 6 heteroatoms. The van der Waals surface area contributed by atoms with Gasteiger partial charge in [-0.15, -0.1) is 0 Å². The van der Waals surface area contributed by atoms with Crippen LogP contribution in [0.1, 0.15) is 19.3 Å². The van der Waals surface area contributed by atoms with Gasteiger partial charge in [0.05, 0.1) is 10.7 Å². The SMILES string of the molecule is COC(=O)C1CCCCN1c1ncncc1I. The van der Waals surface area contributed by atoms with E-state index in [-0.39, 0.29) is 12.0 Å². The molecule has 1 aromatic heterocycles. The van der Waals surface area contributed by atoms with Crippen LogP contribution in [0, 0.1) is 3.57 Å². The molecule has 1 aliphatic rings. The number of carbonyl (C=O) groups excluding carboxylic acids is 1. The van der Waals surface area contributed by atoms with E-state index in [1.807, 2.05) is 4.90 Å². The van der Waals surface area contributed by atoms with Gasteiger partial charge in [0.25, 0.3) is 0 Å². The van der Waals surface area contributed by atoms with E-state index in [4.69, 9.17) is 4.74 Å². The largest absolute Gasteiger partial charge is 0.467 e. The summed E-state index contributed by atoms with van der Waals surface area (Å²) in [5.74, 6) is 0.648. The summed E-state index contributed by atoms with van der Waals surface area (Å²) in [4.78, 5) is 22.0. The number of aromatic nitrogens is 2. The lowest BCUT2D eigenvalue weighted by Crippen LogP contribution is -2.46. The number of hydrogen-bond acceptors (Lipinski definition) is 5. The van der Waals surface area contributed by atoms with Crippen LogP contribution in [0.15, 0.2) is 12.5 Å². The molecule has 1 aromatic rings. The second-order valence-corrected chi connectivity index (χ2v) is 5.08. The maximum absolute atomic E-state index is 11.8. The van der Waals surface area contributed by atoms with Crippen LogP contribution in [0.3, 0.4) is 0 Å². The van der Waals surface area contributed by atoms with Crippen molar-refractivity contribution in [2.45, 2.75) is 25.3 Å². The molecular weight excluding hydrogens is 333 g/mol.